The van der Waals surface area contributed by atoms with Crippen LogP contribution >= 0.6 is 0 Å². The van der Waals surface area contributed by atoms with Crippen molar-refractivity contribution < 1.29 is 14.3 Å². The predicted octanol–water partition coefficient (Wildman–Crippen LogP) is 5.53. The van der Waals surface area contributed by atoms with Crippen LogP contribution in [0.4, 0.5) is 22.0 Å². The zero-order valence-corrected chi connectivity index (χ0v) is 20.4. The Hall–Kier alpha value is -5.13. The number of fused-ring (bicyclic) bond motifs is 1. The molecule has 0 bridgehead atoms. The van der Waals surface area contributed by atoms with Crippen LogP contribution in [0.3, 0.4) is 0 Å². The summed E-state index contributed by atoms with van der Waals surface area (Å²) < 4.78 is 6.05. The van der Waals surface area contributed by atoms with Gasteiger partial charge in [-0.25, -0.2) is 14.8 Å². The van der Waals surface area contributed by atoms with E-state index in [9.17, 15) is 9.90 Å². The molecule has 0 radical (unpaired) electrons. The van der Waals surface area contributed by atoms with Gasteiger partial charge in [0.2, 0.25) is 5.71 Å². The maximum Gasteiger partial charge on any atom is 0.323 e. The number of aliphatic hydroxyl groups is 1. The van der Waals surface area contributed by atoms with Crippen molar-refractivity contribution in [2.75, 3.05) is 29.1 Å². The fraction of sp³-hybridized carbons (Fsp3) is 0.100. The van der Waals surface area contributed by atoms with Gasteiger partial charge in [-0.3, -0.25) is 0 Å². The minimum Gasteiger partial charge on any atom is -0.436 e. The molecule has 8 heteroatoms. The van der Waals surface area contributed by atoms with Crippen molar-refractivity contribution >= 4 is 34.3 Å². The summed E-state index contributed by atoms with van der Waals surface area (Å²) in [6, 6.07) is 26.3. The van der Waals surface area contributed by atoms with Crippen LogP contribution in [0.5, 0.6) is 0 Å². The van der Waals surface area contributed by atoms with E-state index in [0.29, 0.717) is 40.5 Å². The molecular weight excluding hydrogens is 478 g/mol. The van der Waals surface area contributed by atoms with E-state index < -0.39 is 0 Å². The fourth-order valence-electron chi connectivity index (χ4n) is 4.00. The smallest absolute Gasteiger partial charge is 0.323 e. The van der Waals surface area contributed by atoms with Crippen LogP contribution in [0.1, 0.15) is 11.1 Å². The Bertz CT molecular complexity index is 1590. The Morgan fingerprint density at radius 3 is 2.26 bits per heavy atom. The molecule has 0 saturated heterocycles. The first kappa shape index (κ1) is 24.6. The number of carbonyl (C=O) groups is 1. The maximum absolute atomic E-state index is 12.2. The highest BCUT2D eigenvalue weighted by atomic mass is 16.3. The van der Waals surface area contributed by atoms with Crippen LogP contribution in [-0.4, -0.2) is 34.3 Å². The highest BCUT2D eigenvalue weighted by Crippen LogP contribution is 2.35. The van der Waals surface area contributed by atoms with Crippen LogP contribution in [0.25, 0.3) is 22.4 Å². The molecule has 8 nitrogen and oxygen atoms in total. The number of urea groups is 1. The molecular formula is C30H25N5O3. The number of nitrogens with zero attached hydrogens (tertiary/aromatic N) is 2. The molecule has 0 aliphatic carbocycles. The summed E-state index contributed by atoms with van der Waals surface area (Å²) in [7, 11) is 0. The van der Waals surface area contributed by atoms with Gasteiger partial charge in [-0.15, -0.1) is 0 Å². The van der Waals surface area contributed by atoms with E-state index in [1.165, 1.54) is 6.33 Å². The number of rotatable bonds is 7. The average molecular weight is 504 g/mol. The Labute approximate surface area is 219 Å². The summed E-state index contributed by atoms with van der Waals surface area (Å²) in [5.74, 6) is 6.94. The number of carbonyl (C=O) groups excluding carboxylic acids is 1. The summed E-state index contributed by atoms with van der Waals surface area (Å²) in [5, 5.41) is 19.0. The van der Waals surface area contributed by atoms with Crippen LogP contribution in [0, 0.1) is 11.8 Å². The Morgan fingerprint density at radius 2 is 1.55 bits per heavy atom. The standard InChI is InChI=1S/C30H25N5O3/c36-19-7-12-25-26-28(32-20-33-29(26)38-27(25)22-8-3-1-4-9-22)31-18-17-21-13-15-24(16-14-21)35-30(37)34-23-10-5-2-6-11-23/h1-6,8-11,13-16,20,36H,17-19H2,(H,31,32,33)(H2,34,35,37). The number of hydrogen-bond acceptors (Lipinski definition) is 6. The van der Waals surface area contributed by atoms with E-state index in [2.05, 4.69) is 37.8 Å². The van der Waals surface area contributed by atoms with Gasteiger partial charge in [0, 0.05) is 23.5 Å². The largest absolute Gasteiger partial charge is 0.436 e. The van der Waals surface area contributed by atoms with Gasteiger partial charge in [0.1, 0.15) is 18.8 Å². The lowest BCUT2D eigenvalue weighted by Crippen LogP contribution is -2.19. The molecule has 0 aliphatic heterocycles. The lowest BCUT2D eigenvalue weighted by Gasteiger charge is -2.09. The average Bonchev–Trinajstić information content (AvgIpc) is 3.33. The first-order valence-electron chi connectivity index (χ1n) is 12.1. The summed E-state index contributed by atoms with van der Waals surface area (Å²) in [6.45, 7) is 0.336. The second-order valence-corrected chi connectivity index (χ2v) is 8.35. The van der Waals surface area contributed by atoms with Crippen molar-refractivity contribution in [3.8, 4) is 23.2 Å². The molecule has 188 valence electrons. The molecule has 0 unspecified atom stereocenters. The van der Waals surface area contributed by atoms with E-state index in [4.69, 9.17) is 4.42 Å². The molecule has 0 atom stereocenters. The van der Waals surface area contributed by atoms with Crippen LogP contribution in [0.2, 0.25) is 0 Å². The number of benzene rings is 3. The summed E-state index contributed by atoms with van der Waals surface area (Å²) in [6.07, 6.45) is 2.18. The number of amides is 2. The Kier molecular flexibility index (Phi) is 7.59. The highest BCUT2D eigenvalue weighted by molar-refractivity contribution is 5.99. The fourth-order valence-corrected chi connectivity index (χ4v) is 4.00. The third-order valence-corrected chi connectivity index (χ3v) is 5.77. The van der Waals surface area contributed by atoms with Crippen molar-refractivity contribution in [3.05, 3.63) is 102 Å². The molecule has 5 rings (SSSR count). The zero-order valence-electron chi connectivity index (χ0n) is 20.4. The number of anilines is 3. The molecule has 5 aromatic rings. The van der Waals surface area contributed by atoms with Gasteiger partial charge >= 0.3 is 6.03 Å². The van der Waals surface area contributed by atoms with Crippen molar-refractivity contribution in [3.63, 3.8) is 0 Å². The third kappa shape index (κ3) is 5.81. The van der Waals surface area contributed by atoms with Gasteiger partial charge in [-0.05, 0) is 36.2 Å². The Balaban J connectivity index is 1.26. The van der Waals surface area contributed by atoms with Gasteiger partial charge in [-0.2, -0.15) is 0 Å². The topological polar surface area (TPSA) is 112 Å². The van der Waals surface area contributed by atoms with E-state index in [1.54, 1.807) is 0 Å². The van der Waals surface area contributed by atoms with Gasteiger partial charge in [0.25, 0.3) is 0 Å². The van der Waals surface area contributed by atoms with Crippen LogP contribution in [0.15, 0.2) is 95.7 Å². The normalized spacial score (nSPS) is 10.4. The summed E-state index contributed by atoms with van der Waals surface area (Å²) in [4.78, 5) is 20.9. The monoisotopic (exact) mass is 503 g/mol. The molecule has 2 heterocycles. The van der Waals surface area contributed by atoms with Gasteiger partial charge in [-0.1, -0.05) is 72.5 Å². The third-order valence-electron chi connectivity index (χ3n) is 5.77. The van der Waals surface area contributed by atoms with Gasteiger partial charge < -0.3 is 25.5 Å². The van der Waals surface area contributed by atoms with E-state index in [0.717, 1.165) is 23.2 Å². The second-order valence-electron chi connectivity index (χ2n) is 8.35. The van der Waals surface area contributed by atoms with Crippen molar-refractivity contribution in [2.24, 2.45) is 0 Å². The molecule has 0 fully saturated rings. The lowest BCUT2D eigenvalue weighted by molar-refractivity contribution is 0.262. The first-order chi connectivity index (χ1) is 18.7. The SMILES string of the molecule is O=C(Nc1ccccc1)Nc1ccc(CCNc2ncnc3oc(-c4ccccc4)c(C#CCO)c23)cc1. The molecule has 38 heavy (non-hydrogen) atoms. The van der Waals surface area contributed by atoms with Gasteiger partial charge in [0.05, 0.1) is 10.9 Å². The molecule has 3 aromatic carbocycles. The first-order valence-corrected chi connectivity index (χ1v) is 12.1. The minimum absolute atomic E-state index is 0.268. The minimum atomic E-state index is -0.298. The van der Waals surface area contributed by atoms with Crippen molar-refractivity contribution in [1.29, 1.82) is 0 Å². The summed E-state index contributed by atoms with van der Waals surface area (Å²) in [5.41, 5.74) is 4.44. The Morgan fingerprint density at radius 1 is 0.868 bits per heavy atom. The molecule has 2 amide bonds. The number of hydrogen-bond donors (Lipinski definition) is 4. The van der Waals surface area contributed by atoms with Crippen molar-refractivity contribution in [2.45, 2.75) is 6.42 Å². The quantitative estimate of drug-likeness (QED) is 0.217. The number of aliphatic hydroxyl groups excluding tert-OH is 1. The maximum atomic E-state index is 12.2. The molecule has 0 aliphatic rings. The second kappa shape index (κ2) is 11.7. The van der Waals surface area contributed by atoms with Crippen LogP contribution in [-0.2, 0) is 6.42 Å². The summed E-state index contributed by atoms with van der Waals surface area (Å²) >= 11 is 0. The number of para-hydroxylation sites is 1. The van der Waals surface area contributed by atoms with Crippen molar-refractivity contribution in [1.82, 2.24) is 9.97 Å². The highest BCUT2D eigenvalue weighted by Gasteiger charge is 2.19. The zero-order chi connectivity index (χ0) is 26.2. The molecule has 4 N–H and O–H groups in total. The number of nitrogens with one attached hydrogen (secondary N) is 3. The van der Waals surface area contributed by atoms with E-state index in [-0.39, 0.29) is 12.6 Å². The van der Waals surface area contributed by atoms with Gasteiger partial charge in [0.15, 0.2) is 5.76 Å². The van der Waals surface area contributed by atoms with Crippen LogP contribution < -0.4 is 16.0 Å². The lowest BCUT2D eigenvalue weighted by atomic mass is 10.1. The molecule has 0 spiro atoms. The molecule has 2 aromatic heterocycles. The number of furan rings is 1. The van der Waals surface area contributed by atoms with E-state index in [1.807, 2.05) is 84.9 Å². The van der Waals surface area contributed by atoms with E-state index >= 15 is 0 Å². The predicted molar refractivity (Wildman–Crippen MR) is 149 cm³/mol. The molecule has 0 saturated carbocycles. The number of aromatic nitrogens is 2.